The lowest BCUT2D eigenvalue weighted by molar-refractivity contribution is -0.150. The molecule has 4 nitrogen and oxygen atoms in total. The van der Waals surface area contributed by atoms with Gasteiger partial charge in [0.05, 0.1) is 0 Å². The second-order valence-electron chi connectivity index (χ2n) is 5.64. The van der Waals surface area contributed by atoms with E-state index in [1.807, 2.05) is 55.5 Å². The summed E-state index contributed by atoms with van der Waals surface area (Å²) in [6.07, 6.45) is 2.09. The molecule has 2 aromatic rings. The highest BCUT2D eigenvalue weighted by atomic mass is 79.9. The highest BCUT2D eigenvalue weighted by molar-refractivity contribution is 9.10. The van der Waals surface area contributed by atoms with Crippen LogP contribution < -0.4 is 5.32 Å². The molecule has 2 aromatic carbocycles. The number of hydrogen-bond donors (Lipinski definition) is 1. The number of nitrogens with one attached hydrogen (secondary N) is 1. The van der Waals surface area contributed by atoms with E-state index in [0.29, 0.717) is 6.54 Å². The van der Waals surface area contributed by atoms with Gasteiger partial charge in [0.25, 0.3) is 5.91 Å². The van der Waals surface area contributed by atoms with Crippen LogP contribution in [-0.2, 0) is 20.9 Å². The van der Waals surface area contributed by atoms with Gasteiger partial charge in [-0.15, -0.1) is 0 Å². The lowest BCUT2D eigenvalue weighted by Crippen LogP contribution is -2.35. The number of aryl methyl sites for hydroxylation is 1. The molecule has 0 aliphatic carbocycles. The first kappa shape index (κ1) is 18.9. The van der Waals surface area contributed by atoms with Crippen LogP contribution in [0.2, 0.25) is 0 Å². The minimum Gasteiger partial charge on any atom is -0.449 e. The van der Waals surface area contributed by atoms with E-state index in [1.54, 1.807) is 13.0 Å². The van der Waals surface area contributed by atoms with Gasteiger partial charge in [0.2, 0.25) is 0 Å². The van der Waals surface area contributed by atoms with E-state index in [0.717, 1.165) is 21.2 Å². The zero-order chi connectivity index (χ0) is 18.2. The van der Waals surface area contributed by atoms with Crippen molar-refractivity contribution in [3.8, 4) is 0 Å². The molecule has 1 atom stereocenters. The number of rotatable bonds is 6. The largest absolute Gasteiger partial charge is 0.449 e. The van der Waals surface area contributed by atoms with E-state index >= 15 is 0 Å². The molecule has 0 aliphatic heterocycles. The highest BCUT2D eigenvalue weighted by Gasteiger charge is 2.16. The average Bonchev–Trinajstić information content (AvgIpc) is 2.60. The van der Waals surface area contributed by atoms with Crippen LogP contribution in [0.25, 0.3) is 6.08 Å². The Morgan fingerprint density at radius 2 is 1.84 bits per heavy atom. The van der Waals surface area contributed by atoms with Crippen molar-refractivity contribution in [2.75, 3.05) is 0 Å². The van der Waals surface area contributed by atoms with Crippen molar-refractivity contribution in [3.05, 3.63) is 75.8 Å². The number of ether oxygens (including phenoxy) is 1. The number of esters is 1. The topological polar surface area (TPSA) is 55.4 Å². The molecule has 130 valence electrons. The van der Waals surface area contributed by atoms with Gasteiger partial charge in [-0.25, -0.2) is 4.79 Å². The summed E-state index contributed by atoms with van der Waals surface area (Å²) >= 11 is 3.40. The summed E-state index contributed by atoms with van der Waals surface area (Å²) in [6, 6.07) is 15.4. The minimum absolute atomic E-state index is 0.330. The van der Waals surface area contributed by atoms with Crippen molar-refractivity contribution in [2.45, 2.75) is 26.5 Å². The molecule has 0 aliphatic rings. The highest BCUT2D eigenvalue weighted by Crippen LogP contribution is 2.17. The van der Waals surface area contributed by atoms with E-state index in [-0.39, 0.29) is 5.91 Å². The normalized spacial score (nSPS) is 12.0. The van der Waals surface area contributed by atoms with Crippen LogP contribution in [-0.4, -0.2) is 18.0 Å². The Bertz CT molecular complexity index is 769. The minimum atomic E-state index is -0.859. The van der Waals surface area contributed by atoms with Gasteiger partial charge in [-0.1, -0.05) is 64.0 Å². The molecule has 0 bridgehead atoms. The number of hydrogen-bond acceptors (Lipinski definition) is 3. The maximum atomic E-state index is 12.0. The molecule has 0 unspecified atom stereocenters. The first-order chi connectivity index (χ1) is 12.0. The fraction of sp³-hybridized carbons (Fsp3) is 0.200. The Morgan fingerprint density at radius 3 is 2.52 bits per heavy atom. The summed E-state index contributed by atoms with van der Waals surface area (Å²) in [5.41, 5.74) is 3.01. The number of amides is 1. The van der Waals surface area contributed by atoms with E-state index in [9.17, 15) is 9.59 Å². The standard InChI is InChI=1S/C20H20BrNO3/c1-14-7-9-16(10-8-14)13-22-20(24)15(2)25-19(23)12-11-17-5-3-4-6-18(17)21/h3-12,15H,13H2,1-2H3,(H,22,24)/b12-11+/t15-/m1/s1. The molecule has 5 heteroatoms. The Balaban J connectivity index is 1.82. The van der Waals surface area contributed by atoms with Crippen molar-refractivity contribution >= 4 is 33.9 Å². The van der Waals surface area contributed by atoms with Crippen molar-refractivity contribution in [3.63, 3.8) is 0 Å². The predicted molar refractivity (Wildman–Crippen MR) is 102 cm³/mol. The van der Waals surface area contributed by atoms with Gasteiger partial charge >= 0.3 is 5.97 Å². The second kappa shape index (κ2) is 9.18. The third kappa shape index (κ3) is 6.19. The Kier molecular flexibility index (Phi) is 6.95. The maximum absolute atomic E-state index is 12.0. The molecule has 0 fully saturated rings. The summed E-state index contributed by atoms with van der Waals surface area (Å²) in [6.45, 7) is 3.95. The first-order valence-corrected chi connectivity index (χ1v) is 8.71. The van der Waals surface area contributed by atoms with Crippen LogP contribution in [0, 0.1) is 6.92 Å². The molecular weight excluding hydrogens is 382 g/mol. The summed E-state index contributed by atoms with van der Waals surface area (Å²) in [4.78, 5) is 23.9. The number of benzene rings is 2. The molecule has 1 N–H and O–H groups in total. The van der Waals surface area contributed by atoms with Crippen LogP contribution in [0.4, 0.5) is 0 Å². The van der Waals surface area contributed by atoms with Crippen molar-refractivity contribution in [2.24, 2.45) is 0 Å². The number of carbonyl (C=O) groups excluding carboxylic acids is 2. The van der Waals surface area contributed by atoms with E-state index in [1.165, 1.54) is 6.08 Å². The molecule has 1 amide bonds. The maximum Gasteiger partial charge on any atom is 0.331 e. The molecule has 0 heterocycles. The van der Waals surface area contributed by atoms with E-state index < -0.39 is 12.1 Å². The summed E-state index contributed by atoms with van der Waals surface area (Å²) < 4.78 is 6.01. The monoisotopic (exact) mass is 401 g/mol. The van der Waals surface area contributed by atoms with Gasteiger partial charge in [0, 0.05) is 17.1 Å². The summed E-state index contributed by atoms with van der Waals surface area (Å²) in [5.74, 6) is -0.892. The molecular formula is C20H20BrNO3. The quantitative estimate of drug-likeness (QED) is 0.587. The first-order valence-electron chi connectivity index (χ1n) is 7.92. The smallest absolute Gasteiger partial charge is 0.331 e. The Morgan fingerprint density at radius 1 is 1.16 bits per heavy atom. The zero-order valence-corrected chi connectivity index (χ0v) is 15.7. The predicted octanol–water partition coefficient (Wildman–Crippen LogP) is 4.02. The van der Waals surface area contributed by atoms with Gasteiger partial charge in [-0.05, 0) is 37.1 Å². The van der Waals surface area contributed by atoms with Crippen molar-refractivity contribution < 1.29 is 14.3 Å². The van der Waals surface area contributed by atoms with Gasteiger partial charge in [-0.3, -0.25) is 4.79 Å². The van der Waals surface area contributed by atoms with Crippen LogP contribution in [0.1, 0.15) is 23.6 Å². The van der Waals surface area contributed by atoms with Gasteiger partial charge < -0.3 is 10.1 Å². The zero-order valence-electron chi connectivity index (χ0n) is 14.2. The summed E-state index contributed by atoms with van der Waals surface area (Å²) in [5, 5.41) is 2.76. The van der Waals surface area contributed by atoms with E-state index in [2.05, 4.69) is 21.2 Å². The van der Waals surface area contributed by atoms with Gasteiger partial charge in [-0.2, -0.15) is 0 Å². The molecule has 0 saturated carbocycles. The van der Waals surface area contributed by atoms with Crippen molar-refractivity contribution in [1.82, 2.24) is 5.32 Å². The molecule has 2 rings (SSSR count). The van der Waals surface area contributed by atoms with Gasteiger partial charge in [0.15, 0.2) is 6.10 Å². The second-order valence-corrected chi connectivity index (χ2v) is 6.49. The van der Waals surface area contributed by atoms with Crippen LogP contribution in [0.3, 0.4) is 0 Å². The van der Waals surface area contributed by atoms with Crippen LogP contribution >= 0.6 is 15.9 Å². The SMILES string of the molecule is Cc1ccc(CNC(=O)[C@@H](C)OC(=O)/C=C/c2ccccc2Br)cc1. The molecule has 0 spiro atoms. The molecule has 0 saturated heterocycles. The fourth-order valence-corrected chi connectivity index (χ4v) is 2.49. The average molecular weight is 402 g/mol. The third-order valence-corrected chi connectivity index (χ3v) is 4.28. The number of halogens is 1. The molecule has 0 radical (unpaired) electrons. The van der Waals surface area contributed by atoms with Crippen LogP contribution in [0.5, 0.6) is 0 Å². The number of carbonyl (C=O) groups is 2. The lowest BCUT2D eigenvalue weighted by atomic mass is 10.1. The van der Waals surface area contributed by atoms with Crippen LogP contribution in [0.15, 0.2) is 59.1 Å². The molecule has 25 heavy (non-hydrogen) atoms. The van der Waals surface area contributed by atoms with Gasteiger partial charge in [0.1, 0.15) is 0 Å². The fourth-order valence-electron chi connectivity index (χ4n) is 2.07. The third-order valence-electron chi connectivity index (χ3n) is 3.55. The molecule has 0 aromatic heterocycles. The Labute approximate surface area is 156 Å². The van der Waals surface area contributed by atoms with E-state index in [4.69, 9.17) is 4.74 Å². The van der Waals surface area contributed by atoms with Crippen molar-refractivity contribution in [1.29, 1.82) is 0 Å². The summed E-state index contributed by atoms with van der Waals surface area (Å²) in [7, 11) is 0. The Hall–Kier alpha value is -2.40. The lowest BCUT2D eigenvalue weighted by Gasteiger charge is -2.12.